The van der Waals surface area contributed by atoms with Crippen molar-refractivity contribution in [2.24, 2.45) is 0 Å². The van der Waals surface area contributed by atoms with Crippen LogP contribution >= 0.6 is 0 Å². The third-order valence-electron chi connectivity index (χ3n) is 3.71. The molecule has 0 unspecified atom stereocenters. The van der Waals surface area contributed by atoms with Gasteiger partial charge in [-0.25, -0.2) is 4.39 Å². The standard InChI is InChI=1S/C19H20FNO3/c1-12-4-5-15(10-13(12)2)11-18(22)24-14(3)19(23)21-17-8-6-16(20)7-9-17/h4-10,14H,11H2,1-3H3,(H,21,23)/t14-/m1/s1. The van der Waals surface area contributed by atoms with Crippen molar-refractivity contribution in [3.05, 3.63) is 65.0 Å². The van der Waals surface area contributed by atoms with Gasteiger partial charge in [0.15, 0.2) is 6.10 Å². The van der Waals surface area contributed by atoms with Gasteiger partial charge in [-0.05, 0) is 61.7 Å². The van der Waals surface area contributed by atoms with Gasteiger partial charge in [-0.3, -0.25) is 9.59 Å². The third kappa shape index (κ3) is 4.91. The van der Waals surface area contributed by atoms with E-state index in [0.29, 0.717) is 5.69 Å². The zero-order valence-corrected chi connectivity index (χ0v) is 13.9. The van der Waals surface area contributed by atoms with Crippen LogP contribution in [0.3, 0.4) is 0 Å². The molecule has 0 heterocycles. The van der Waals surface area contributed by atoms with Crippen molar-refractivity contribution in [2.75, 3.05) is 5.32 Å². The first-order valence-corrected chi connectivity index (χ1v) is 7.67. The van der Waals surface area contributed by atoms with E-state index in [0.717, 1.165) is 16.7 Å². The normalized spacial score (nSPS) is 11.7. The highest BCUT2D eigenvalue weighted by atomic mass is 19.1. The lowest BCUT2D eigenvalue weighted by Gasteiger charge is -2.14. The number of carbonyl (C=O) groups excluding carboxylic acids is 2. The van der Waals surface area contributed by atoms with E-state index in [1.54, 1.807) is 0 Å². The molecular weight excluding hydrogens is 309 g/mol. The van der Waals surface area contributed by atoms with Gasteiger partial charge in [-0.1, -0.05) is 18.2 Å². The number of esters is 1. The second kappa shape index (κ2) is 7.73. The topological polar surface area (TPSA) is 55.4 Å². The molecule has 0 aromatic heterocycles. The summed E-state index contributed by atoms with van der Waals surface area (Å²) in [6.45, 7) is 5.47. The van der Waals surface area contributed by atoms with E-state index in [-0.39, 0.29) is 12.2 Å². The zero-order chi connectivity index (χ0) is 17.7. The van der Waals surface area contributed by atoms with E-state index in [2.05, 4.69) is 5.32 Å². The zero-order valence-electron chi connectivity index (χ0n) is 13.9. The summed E-state index contributed by atoms with van der Waals surface area (Å²) in [6, 6.07) is 11.1. The van der Waals surface area contributed by atoms with Crippen LogP contribution in [0.25, 0.3) is 0 Å². The van der Waals surface area contributed by atoms with Gasteiger partial charge in [0.25, 0.3) is 5.91 Å². The number of ether oxygens (including phenoxy) is 1. The molecule has 24 heavy (non-hydrogen) atoms. The number of carbonyl (C=O) groups is 2. The van der Waals surface area contributed by atoms with Crippen molar-refractivity contribution in [2.45, 2.75) is 33.3 Å². The third-order valence-corrected chi connectivity index (χ3v) is 3.71. The second-order valence-electron chi connectivity index (χ2n) is 5.72. The lowest BCUT2D eigenvalue weighted by atomic mass is 10.0. The van der Waals surface area contributed by atoms with Crippen molar-refractivity contribution >= 4 is 17.6 Å². The molecule has 2 aromatic carbocycles. The molecule has 0 fully saturated rings. The SMILES string of the molecule is Cc1ccc(CC(=O)O[C@H](C)C(=O)Nc2ccc(F)cc2)cc1C. The molecule has 126 valence electrons. The highest BCUT2D eigenvalue weighted by Gasteiger charge is 2.18. The average Bonchev–Trinajstić information content (AvgIpc) is 2.53. The Bertz CT molecular complexity index is 741. The van der Waals surface area contributed by atoms with Crippen LogP contribution in [-0.2, 0) is 20.7 Å². The molecule has 2 aromatic rings. The molecule has 0 radical (unpaired) electrons. The molecule has 0 bridgehead atoms. The van der Waals surface area contributed by atoms with Crippen molar-refractivity contribution in [3.8, 4) is 0 Å². The monoisotopic (exact) mass is 329 g/mol. The number of hydrogen-bond acceptors (Lipinski definition) is 3. The molecule has 1 atom stereocenters. The van der Waals surface area contributed by atoms with Crippen LogP contribution in [0.4, 0.5) is 10.1 Å². The fraction of sp³-hybridized carbons (Fsp3) is 0.263. The van der Waals surface area contributed by atoms with Crippen LogP contribution in [0, 0.1) is 19.7 Å². The van der Waals surface area contributed by atoms with Crippen LogP contribution < -0.4 is 5.32 Å². The second-order valence-corrected chi connectivity index (χ2v) is 5.72. The van der Waals surface area contributed by atoms with Gasteiger partial charge in [0.2, 0.25) is 0 Å². The fourth-order valence-electron chi connectivity index (χ4n) is 2.15. The average molecular weight is 329 g/mol. The molecule has 2 rings (SSSR count). The lowest BCUT2D eigenvalue weighted by molar-refractivity contribution is -0.152. The summed E-state index contributed by atoms with van der Waals surface area (Å²) in [5, 5.41) is 2.57. The van der Waals surface area contributed by atoms with E-state index in [4.69, 9.17) is 4.74 Å². The van der Waals surface area contributed by atoms with Crippen molar-refractivity contribution in [3.63, 3.8) is 0 Å². The fourth-order valence-corrected chi connectivity index (χ4v) is 2.15. The first-order valence-electron chi connectivity index (χ1n) is 7.67. The van der Waals surface area contributed by atoms with Crippen molar-refractivity contribution in [1.29, 1.82) is 0 Å². The van der Waals surface area contributed by atoms with Gasteiger partial charge in [0.05, 0.1) is 6.42 Å². The summed E-state index contributed by atoms with van der Waals surface area (Å²) in [6.07, 6.45) is -0.830. The summed E-state index contributed by atoms with van der Waals surface area (Å²) in [5.74, 6) is -1.32. The number of hydrogen-bond donors (Lipinski definition) is 1. The van der Waals surface area contributed by atoms with Crippen molar-refractivity contribution < 1.29 is 18.7 Å². The van der Waals surface area contributed by atoms with Crippen LogP contribution in [0.5, 0.6) is 0 Å². The number of benzene rings is 2. The lowest BCUT2D eigenvalue weighted by Crippen LogP contribution is -2.30. The van der Waals surface area contributed by atoms with Gasteiger partial charge >= 0.3 is 5.97 Å². The maximum atomic E-state index is 12.8. The number of aryl methyl sites for hydroxylation is 2. The molecule has 4 nitrogen and oxygen atoms in total. The van der Waals surface area contributed by atoms with E-state index >= 15 is 0 Å². The van der Waals surface area contributed by atoms with Gasteiger partial charge in [-0.15, -0.1) is 0 Å². The summed E-state index contributed by atoms with van der Waals surface area (Å²) >= 11 is 0. The molecule has 1 N–H and O–H groups in total. The molecule has 5 heteroatoms. The maximum absolute atomic E-state index is 12.8. The minimum atomic E-state index is -0.936. The van der Waals surface area contributed by atoms with Gasteiger partial charge < -0.3 is 10.1 Å². The Balaban J connectivity index is 1.89. The molecule has 1 amide bonds. The largest absolute Gasteiger partial charge is 0.452 e. The van der Waals surface area contributed by atoms with Gasteiger partial charge in [0, 0.05) is 5.69 Å². The van der Waals surface area contributed by atoms with Crippen molar-refractivity contribution in [1.82, 2.24) is 0 Å². The minimum absolute atomic E-state index is 0.106. The Morgan fingerprint density at radius 1 is 1.08 bits per heavy atom. The van der Waals surface area contributed by atoms with E-state index in [9.17, 15) is 14.0 Å². The molecular formula is C19H20FNO3. The highest BCUT2D eigenvalue weighted by molar-refractivity contribution is 5.95. The first kappa shape index (κ1) is 17.7. The maximum Gasteiger partial charge on any atom is 0.311 e. The molecule has 0 saturated heterocycles. The Kier molecular flexibility index (Phi) is 5.68. The number of nitrogens with one attached hydrogen (secondary N) is 1. The number of anilines is 1. The van der Waals surface area contributed by atoms with Crippen LogP contribution in [0.15, 0.2) is 42.5 Å². The predicted molar refractivity (Wildman–Crippen MR) is 90.2 cm³/mol. The Labute approximate surface area is 140 Å². The smallest absolute Gasteiger partial charge is 0.311 e. The Morgan fingerprint density at radius 2 is 1.75 bits per heavy atom. The van der Waals surface area contributed by atoms with Gasteiger partial charge in [-0.2, -0.15) is 0 Å². The highest BCUT2D eigenvalue weighted by Crippen LogP contribution is 2.12. The molecule has 0 aliphatic heterocycles. The number of rotatable bonds is 5. The predicted octanol–water partition coefficient (Wildman–Crippen LogP) is 3.56. The molecule has 0 saturated carbocycles. The van der Waals surface area contributed by atoms with E-state index < -0.39 is 18.0 Å². The molecule has 0 aliphatic carbocycles. The summed E-state index contributed by atoms with van der Waals surface area (Å²) in [5.41, 5.74) is 3.54. The minimum Gasteiger partial charge on any atom is -0.452 e. The number of amides is 1. The molecule has 0 spiro atoms. The van der Waals surface area contributed by atoms with Crippen LogP contribution in [0.1, 0.15) is 23.6 Å². The summed E-state index contributed by atoms with van der Waals surface area (Å²) in [4.78, 5) is 24.0. The quantitative estimate of drug-likeness (QED) is 0.854. The summed E-state index contributed by atoms with van der Waals surface area (Å²) < 4.78 is 18.0. The van der Waals surface area contributed by atoms with Gasteiger partial charge in [0.1, 0.15) is 5.82 Å². The van der Waals surface area contributed by atoms with Crippen LogP contribution in [0.2, 0.25) is 0 Å². The first-order chi connectivity index (χ1) is 11.3. The summed E-state index contributed by atoms with van der Waals surface area (Å²) in [7, 11) is 0. The Hall–Kier alpha value is -2.69. The van der Waals surface area contributed by atoms with E-state index in [1.807, 2.05) is 32.0 Å². The van der Waals surface area contributed by atoms with Crippen LogP contribution in [-0.4, -0.2) is 18.0 Å². The van der Waals surface area contributed by atoms with E-state index in [1.165, 1.54) is 31.2 Å². The Morgan fingerprint density at radius 3 is 2.38 bits per heavy atom. The molecule has 0 aliphatic rings. The number of halogens is 1.